The van der Waals surface area contributed by atoms with E-state index in [4.69, 9.17) is 5.73 Å². The van der Waals surface area contributed by atoms with E-state index in [1.54, 1.807) is 13.1 Å². The molecule has 18 heavy (non-hydrogen) atoms. The summed E-state index contributed by atoms with van der Waals surface area (Å²) in [6.07, 6.45) is 3.08. The first-order chi connectivity index (χ1) is 8.47. The quantitative estimate of drug-likeness (QED) is 0.847. The summed E-state index contributed by atoms with van der Waals surface area (Å²) in [6.45, 7) is 4.31. The van der Waals surface area contributed by atoms with Crippen molar-refractivity contribution in [3.05, 3.63) is 23.9 Å². The van der Waals surface area contributed by atoms with E-state index in [-0.39, 0.29) is 11.1 Å². The van der Waals surface area contributed by atoms with Gasteiger partial charge in [-0.15, -0.1) is 0 Å². The molecule has 0 aromatic carbocycles. The summed E-state index contributed by atoms with van der Waals surface area (Å²) in [7, 11) is -1.90. The standard InChI is InChI=1S/C12H21N3O2S/c1-4-11(5-2)15(3)18(16,17)12-7-6-10(8-13)9-14-12/h6-7,9,11H,4-5,8,13H2,1-3H3. The Bertz CT molecular complexity index is 467. The van der Waals surface area contributed by atoms with Crippen LogP contribution in [0, 0.1) is 0 Å². The molecule has 1 aromatic heterocycles. The lowest BCUT2D eigenvalue weighted by Crippen LogP contribution is -2.36. The molecule has 2 N–H and O–H groups in total. The summed E-state index contributed by atoms with van der Waals surface area (Å²) in [5.74, 6) is 0. The van der Waals surface area contributed by atoms with Crippen LogP contribution in [0.3, 0.4) is 0 Å². The number of hydrogen-bond donors (Lipinski definition) is 1. The molecule has 0 spiro atoms. The third kappa shape index (κ3) is 3.07. The Kier molecular flexibility index (Phi) is 5.25. The van der Waals surface area contributed by atoms with E-state index < -0.39 is 10.0 Å². The molecule has 5 nitrogen and oxygen atoms in total. The second-order valence-corrected chi connectivity index (χ2v) is 6.14. The molecule has 6 heteroatoms. The number of pyridine rings is 1. The maximum atomic E-state index is 12.3. The van der Waals surface area contributed by atoms with E-state index in [0.717, 1.165) is 18.4 Å². The zero-order valence-corrected chi connectivity index (χ0v) is 11.9. The molecule has 0 bridgehead atoms. The van der Waals surface area contributed by atoms with Crippen molar-refractivity contribution < 1.29 is 8.42 Å². The second-order valence-electron chi connectivity index (χ2n) is 4.20. The van der Waals surface area contributed by atoms with Crippen LogP contribution in [0.25, 0.3) is 0 Å². The average molecular weight is 271 g/mol. The van der Waals surface area contributed by atoms with Crippen molar-refractivity contribution in [2.24, 2.45) is 5.73 Å². The van der Waals surface area contributed by atoms with Crippen LogP contribution in [-0.4, -0.2) is 30.8 Å². The zero-order valence-electron chi connectivity index (χ0n) is 11.1. The van der Waals surface area contributed by atoms with E-state index in [2.05, 4.69) is 4.98 Å². The van der Waals surface area contributed by atoms with Gasteiger partial charge in [0.25, 0.3) is 10.0 Å². The Morgan fingerprint density at radius 2 is 1.94 bits per heavy atom. The largest absolute Gasteiger partial charge is 0.326 e. The van der Waals surface area contributed by atoms with Crippen molar-refractivity contribution in [1.29, 1.82) is 0 Å². The van der Waals surface area contributed by atoms with Crippen molar-refractivity contribution in [3.63, 3.8) is 0 Å². The topological polar surface area (TPSA) is 76.3 Å². The van der Waals surface area contributed by atoms with Gasteiger partial charge in [0.05, 0.1) is 0 Å². The summed E-state index contributed by atoms with van der Waals surface area (Å²) in [5.41, 5.74) is 6.28. The molecule has 0 amide bonds. The Morgan fingerprint density at radius 3 is 2.33 bits per heavy atom. The Labute approximate surface area is 109 Å². The molecule has 0 unspecified atom stereocenters. The first-order valence-corrected chi connectivity index (χ1v) is 7.54. The number of hydrogen-bond acceptors (Lipinski definition) is 4. The summed E-state index contributed by atoms with van der Waals surface area (Å²) >= 11 is 0. The molecule has 1 rings (SSSR count). The lowest BCUT2D eigenvalue weighted by atomic mass is 10.2. The van der Waals surface area contributed by atoms with Crippen LogP contribution in [0.15, 0.2) is 23.4 Å². The maximum Gasteiger partial charge on any atom is 0.260 e. The molecule has 0 fully saturated rings. The summed E-state index contributed by atoms with van der Waals surface area (Å²) in [6, 6.07) is 3.21. The molecular formula is C12H21N3O2S. The van der Waals surface area contributed by atoms with E-state index in [1.165, 1.54) is 16.6 Å². The summed E-state index contributed by atoms with van der Waals surface area (Å²) in [5, 5.41) is 0.0779. The highest BCUT2D eigenvalue weighted by Crippen LogP contribution is 2.17. The van der Waals surface area contributed by atoms with Gasteiger partial charge in [0.2, 0.25) is 0 Å². The molecule has 102 valence electrons. The van der Waals surface area contributed by atoms with Gasteiger partial charge < -0.3 is 5.73 Å². The summed E-state index contributed by atoms with van der Waals surface area (Å²) < 4.78 is 26.0. The van der Waals surface area contributed by atoms with Crippen LogP contribution in [0.1, 0.15) is 32.3 Å². The van der Waals surface area contributed by atoms with Crippen LogP contribution in [0.2, 0.25) is 0 Å². The Hall–Kier alpha value is -0.980. The van der Waals surface area contributed by atoms with Gasteiger partial charge >= 0.3 is 0 Å². The maximum absolute atomic E-state index is 12.3. The van der Waals surface area contributed by atoms with E-state index >= 15 is 0 Å². The fourth-order valence-electron chi connectivity index (χ4n) is 1.83. The first-order valence-electron chi connectivity index (χ1n) is 6.10. The van der Waals surface area contributed by atoms with Crippen LogP contribution in [0.5, 0.6) is 0 Å². The van der Waals surface area contributed by atoms with Gasteiger partial charge in [-0.3, -0.25) is 0 Å². The molecular weight excluding hydrogens is 250 g/mol. The molecule has 0 saturated heterocycles. The smallest absolute Gasteiger partial charge is 0.260 e. The van der Waals surface area contributed by atoms with Gasteiger partial charge in [-0.1, -0.05) is 19.9 Å². The number of rotatable bonds is 6. The lowest BCUT2D eigenvalue weighted by Gasteiger charge is -2.25. The summed E-state index contributed by atoms with van der Waals surface area (Å²) in [4.78, 5) is 3.98. The van der Waals surface area contributed by atoms with Gasteiger partial charge in [0, 0.05) is 25.8 Å². The van der Waals surface area contributed by atoms with Crippen LogP contribution < -0.4 is 5.73 Å². The SMILES string of the molecule is CCC(CC)N(C)S(=O)(=O)c1ccc(CN)cn1. The number of aromatic nitrogens is 1. The number of nitrogens with zero attached hydrogens (tertiary/aromatic N) is 2. The van der Waals surface area contributed by atoms with Gasteiger partial charge in [-0.25, -0.2) is 13.4 Å². The molecule has 1 aromatic rings. The minimum atomic E-state index is -3.51. The molecule has 0 atom stereocenters. The van der Waals surface area contributed by atoms with E-state index in [0.29, 0.717) is 6.54 Å². The van der Waals surface area contributed by atoms with Crippen LogP contribution >= 0.6 is 0 Å². The monoisotopic (exact) mass is 271 g/mol. The van der Waals surface area contributed by atoms with Crippen molar-refractivity contribution in [2.75, 3.05) is 7.05 Å². The fourth-order valence-corrected chi connectivity index (χ4v) is 3.24. The zero-order chi connectivity index (χ0) is 13.8. The minimum absolute atomic E-state index is 0.00554. The average Bonchev–Trinajstić information content (AvgIpc) is 2.40. The second kappa shape index (κ2) is 6.26. The highest BCUT2D eigenvalue weighted by Gasteiger charge is 2.26. The van der Waals surface area contributed by atoms with Crippen molar-refractivity contribution in [1.82, 2.24) is 9.29 Å². The van der Waals surface area contributed by atoms with Crippen molar-refractivity contribution in [2.45, 2.75) is 44.3 Å². The third-order valence-electron chi connectivity index (χ3n) is 3.13. The highest BCUT2D eigenvalue weighted by molar-refractivity contribution is 7.89. The van der Waals surface area contributed by atoms with Crippen molar-refractivity contribution >= 4 is 10.0 Å². The molecule has 0 radical (unpaired) electrons. The first kappa shape index (κ1) is 15.1. The molecule has 0 aliphatic carbocycles. The number of sulfonamides is 1. The van der Waals surface area contributed by atoms with Gasteiger partial charge in [-0.2, -0.15) is 4.31 Å². The molecule has 0 aliphatic heterocycles. The highest BCUT2D eigenvalue weighted by atomic mass is 32.2. The molecule has 0 saturated carbocycles. The van der Waals surface area contributed by atoms with E-state index in [9.17, 15) is 8.42 Å². The molecule has 1 heterocycles. The number of nitrogens with two attached hydrogens (primary N) is 1. The fraction of sp³-hybridized carbons (Fsp3) is 0.583. The van der Waals surface area contributed by atoms with Crippen LogP contribution in [-0.2, 0) is 16.6 Å². The van der Waals surface area contributed by atoms with Crippen LogP contribution in [0.4, 0.5) is 0 Å². The van der Waals surface area contributed by atoms with Gasteiger partial charge in [-0.05, 0) is 24.5 Å². The lowest BCUT2D eigenvalue weighted by molar-refractivity contribution is 0.348. The third-order valence-corrected chi connectivity index (χ3v) is 4.96. The Balaban J connectivity index is 3.04. The Morgan fingerprint density at radius 1 is 1.33 bits per heavy atom. The minimum Gasteiger partial charge on any atom is -0.326 e. The van der Waals surface area contributed by atoms with E-state index in [1.807, 2.05) is 13.8 Å². The van der Waals surface area contributed by atoms with Gasteiger partial charge in [0.1, 0.15) is 0 Å². The van der Waals surface area contributed by atoms with Gasteiger partial charge in [0.15, 0.2) is 5.03 Å². The predicted octanol–water partition coefficient (Wildman–Crippen LogP) is 1.35. The normalized spacial score (nSPS) is 12.3. The predicted molar refractivity (Wildman–Crippen MR) is 71.4 cm³/mol. The molecule has 0 aliphatic rings. The van der Waals surface area contributed by atoms with Crippen molar-refractivity contribution in [3.8, 4) is 0 Å².